The first kappa shape index (κ1) is 6.10. The summed E-state index contributed by atoms with van der Waals surface area (Å²) in [7, 11) is 0. The lowest BCUT2D eigenvalue weighted by atomic mass is 10.0. The van der Waals surface area contributed by atoms with Crippen molar-refractivity contribution in [3.05, 3.63) is 11.6 Å². The highest BCUT2D eigenvalue weighted by Crippen LogP contribution is 2.23. The zero-order valence-corrected chi connectivity index (χ0v) is 5.92. The van der Waals surface area contributed by atoms with Gasteiger partial charge in [0.1, 0.15) is 6.29 Å². The molecule has 2 bridgehead atoms. The fourth-order valence-corrected chi connectivity index (χ4v) is 1.83. The molecule has 0 N–H and O–H groups in total. The van der Waals surface area contributed by atoms with Crippen molar-refractivity contribution in [2.45, 2.75) is 6.42 Å². The number of hydrogen-bond donors (Lipinski definition) is 0. The summed E-state index contributed by atoms with van der Waals surface area (Å²) < 4.78 is 0. The summed E-state index contributed by atoms with van der Waals surface area (Å²) >= 11 is 0. The molecular formula is C8H11NO. The number of hydrogen-bond acceptors (Lipinski definition) is 2. The van der Waals surface area contributed by atoms with Crippen LogP contribution in [0.3, 0.4) is 0 Å². The van der Waals surface area contributed by atoms with Gasteiger partial charge in [0.15, 0.2) is 0 Å². The second-order valence-electron chi connectivity index (χ2n) is 3.14. The fourth-order valence-electron chi connectivity index (χ4n) is 1.83. The van der Waals surface area contributed by atoms with Crippen LogP contribution in [0.2, 0.25) is 0 Å². The maximum atomic E-state index is 10.4. The number of rotatable bonds is 1. The molecule has 0 aromatic carbocycles. The molecule has 2 aliphatic heterocycles. The van der Waals surface area contributed by atoms with E-state index in [1.54, 1.807) is 0 Å². The number of fused-ring (bicyclic) bond motifs is 2. The predicted octanol–water partition coefficient (Wildman–Crippen LogP) is 0.447. The smallest absolute Gasteiger partial charge is 0.147 e. The van der Waals surface area contributed by atoms with Crippen molar-refractivity contribution in [2.24, 2.45) is 5.92 Å². The maximum Gasteiger partial charge on any atom is 0.147 e. The normalized spacial score (nSPS) is 37.4. The van der Waals surface area contributed by atoms with Crippen molar-refractivity contribution in [1.29, 1.82) is 0 Å². The van der Waals surface area contributed by atoms with Gasteiger partial charge in [-0.3, -0.25) is 9.69 Å². The van der Waals surface area contributed by atoms with Crippen molar-refractivity contribution in [1.82, 2.24) is 4.90 Å². The second kappa shape index (κ2) is 2.20. The van der Waals surface area contributed by atoms with E-state index in [1.165, 1.54) is 19.5 Å². The zero-order chi connectivity index (χ0) is 6.97. The Morgan fingerprint density at radius 1 is 1.70 bits per heavy atom. The molecule has 2 heteroatoms. The van der Waals surface area contributed by atoms with Crippen molar-refractivity contribution >= 4 is 6.29 Å². The Balaban J connectivity index is 2.19. The van der Waals surface area contributed by atoms with Gasteiger partial charge in [-0.05, 0) is 18.9 Å². The Kier molecular flexibility index (Phi) is 1.34. The van der Waals surface area contributed by atoms with Crippen LogP contribution in [0.1, 0.15) is 6.42 Å². The minimum absolute atomic E-state index is 0.675. The quantitative estimate of drug-likeness (QED) is 0.489. The zero-order valence-electron chi connectivity index (χ0n) is 5.92. The first-order valence-corrected chi connectivity index (χ1v) is 3.77. The molecule has 1 saturated heterocycles. The fraction of sp³-hybridized carbons (Fsp3) is 0.625. The molecule has 2 rings (SSSR count). The van der Waals surface area contributed by atoms with E-state index in [0.717, 1.165) is 18.4 Å². The monoisotopic (exact) mass is 137 g/mol. The third-order valence-corrected chi connectivity index (χ3v) is 2.32. The lowest BCUT2D eigenvalue weighted by molar-refractivity contribution is -0.105. The van der Waals surface area contributed by atoms with Gasteiger partial charge in [-0.2, -0.15) is 0 Å². The summed E-state index contributed by atoms with van der Waals surface area (Å²) in [4.78, 5) is 12.7. The average Bonchev–Trinajstić information content (AvgIpc) is 2.30. The molecule has 54 valence electrons. The van der Waals surface area contributed by atoms with E-state index < -0.39 is 0 Å². The largest absolute Gasteiger partial charge is 0.298 e. The molecule has 0 saturated carbocycles. The van der Waals surface area contributed by atoms with Crippen LogP contribution in [-0.4, -0.2) is 30.8 Å². The highest BCUT2D eigenvalue weighted by Gasteiger charge is 2.25. The summed E-state index contributed by atoms with van der Waals surface area (Å²) in [6.45, 7) is 3.25. The van der Waals surface area contributed by atoms with E-state index in [0.29, 0.717) is 5.92 Å². The maximum absolute atomic E-state index is 10.4. The molecule has 2 unspecified atom stereocenters. The first-order valence-electron chi connectivity index (χ1n) is 3.77. The van der Waals surface area contributed by atoms with E-state index >= 15 is 0 Å². The molecule has 2 heterocycles. The van der Waals surface area contributed by atoms with Gasteiger partial charge in [0, 0.05) is 18.7 Å². The third-order valence-electron chi connectivity index (χ3n) is 2.32. The first-order chi connectivity index (χ1) is 4.88. The molecule has 0 spiro atoms. The van der Waals surface area contributed by atoms with Gasteiger partial charge in [0.05, 0.1) is 0 Å². The Bertz CT molecular complexity index is 186. The van der Waals surface area contributed by atoms with Gasteiger partial charge in [0.25, 0.3) is 0 Å². The van der Waals surface area contributed by atoms with Crippen LogP contribution in [0, 0.1) is 5.92 Å². The molecule has 0 aromatic heterocycles. The molecular weight excluding hydrogens is 126 g/mol. The van der Waals surface area contributed by atoms with Gasteiger partial charge < -0.3 is 0 Å². The molecule has 0 radical (unpaired) electrons. The van der Waals surface area contributed by atoms with Gasteiger partial charge in [-0.1, -0.05) is 6.08 Å². The van der Waals surface area contributed by atoms with Crippen molar-refractivity contribution in [3.63, 3.8) is 0 Å². The highest BCUT2D eigenvalue weighted by molar-refractivity contribution is 5.74. The van der Waals surface area contributed by atoms with E-state index in [9.17, 15) is 4.79 Å². The van der Waals surface area contributed by atoms with Crippen molar-refractivity contribution in [2.75, 3.05) is 19.6 Å². The van der Waals surface area contributed by atoms with Crippen LogP contribution in [-0.2, 0) is 4.79 Å². The van der Waals surface area contributed by atoms with Crippen LogP contribution < -0.4 is 0 Å². The number of carbonyl (C=O) groups excluding carboxylic acids is 1. The standard InChI is InChI=1S/C8H11NO/c10-6-8-3-7-1-2-9(4-7)5-8/h3,6-7H,1-2,4-5H2. The number of nitrogens with zero attached hydrogens (tertiary/aromatic N) is 1. The predicted molar refractivity (Wildman–Crippen MR) is 38.7 cm³/mol. The van der Waals surface area contributed by atoms with Crippen LogP contribution in [0.5, 0.6) is 0 Å². The second-order valence-corrected chi connectivity index (χ2v) is 3.14. The molecule has 0 aromatic rings. The molecule has 2 nitrogen and oxygen atoms in total. The van der Waals surface area contributed by atoms with E-state index in [2.05, 4.69) is 11.0 Å². The summed E-state index contributed by atoms with van der Waals surface area (Å²) in [5.41, 5.74) is 0.980. The molecule has 10 heavy (non-hydrogen) atoms. The molecule has 0 amide bonds. The molecule has 0 aliphatic carbocycles. The van der Waals surface area contributed by atoms with Gasteiger partial charge in [-0.15, -0.1) is 0 Å². The summed E-state index contributed by atoms with van der Waals surface area (Å²) in [5.74, 6) is 0.675. The Labute approximate surface area is 60.5 Å². The van der Waals surface area contributed by atoms with Crippen molar-refractivity contribution in [3.8, 4) is 0 Å². The van der Waals surface area contributed by atoms with E-state index in [-0.39, 0.29) is 0 Å². The van der Waals surface area contributed by atoms with Crippen molar-refractivity contribution < 1.29 is 4.79 Å². The SMILES string of the molecule is O=CC1=CC2CCN(C1)C2. The van der Waals surface area contributed by atoms with Gasteiger partial charge in [0.2, 0.25) is 0 Å². The third kappa shape index (κ3) is 0.886. The van der Waals surface area contributed by atoms with Crippen LogP contribution in [0.4, 0.5) is 0 Å². The topological polar surface area (TPSA) is 20.3 Å². The van der Waals surface area contributed by atoms with E-state index in [1.807, 2.05) is 0 Å². The van der Waals surface area contributed by atoms with E-state index in [4.69, 9.17) is 0 Å². The van der Waals surface area contributed by atoms with Crippen LogP contribution >= 0.6 is 0 Å². The molecule has 1 fully saturated rings. The Morgan fingerprint density at radius 3 is 3.30 bits per heavy atom. The summed E-state index contributed by atoms with van der Waals surface area (Å²) in [6, 6.07) is 0. The summed E-state index contributed by atoms with van der Waals surface area (Å²) in [6.07, 6.45) is 4.37. The lowest BCUT2D eigenvalue weighted by Gasteiger charge is -2.19. The van der Waals surface area contributed by atoms with Gasteiger partial charge in [-0.25, -0.2) is 0 Å². The Morgan fingerprint density at radius 2 is 2.60 bits per heavy atom. The number of carbonyl (C=O) groups is 1. The Hall–Kier alpha value is -0.630. The van der Waals surface area contributed by atoms with Gasteiger partial charge >= 0.3 is 0 Å². The summed E-state index contributed by atoms with van der Waals surface area (Å²) in [5, 5.41) is 0. The average molecular weight is 137 g/mol. The minimum Gasteiger partial charge on any atom is -0.298 e. The van der Waals surface area contributed by atoms with Crippen LogP contribution in [0.25, 0.3) is 0 Å². The molecule has 2 atom stereocenters. The van der Waals surface area contributed by atoms with Crippen LogP contribution in [0.15, 0.2) is 11.6 Å². The number of aldehydes is 1. The lowest BCUT2D eigenvalue weighted by Crippen LogP contribution is -2.26. The minimum atomic E-state index is 0.675. The highest BCUT2D eigenvalue weighted by atomic mass is 16.1. The molecule has 2 aliphatic rings.